The van der Waals surface area contributed by atoms with Crippen LogP contribution in [-0.2, 0) is 0 Å². The number of aliphatic hydroxyl groups excluding tert-OH is 2. The summed E-state index contributed by atoms with van der Waals surface area (Å²) in [4.78, 5) is 0. The molecular weight excluding hydrogens is 236 g/mol. The predicted molar refractivity (Wildman–Crippen MR) is 83.4 cm³/mol. The van der Waals surface area contributed by atoms with E-state index < -0.39 is 0 Å². The van der Waals surface area contributed by atoms with Gasteiger partial charge in [0, 0.05) is 0 Å². The maximum Gasteiger partial charge on any atom is 0.0564 e. The molecule has 2 nitrogen and oxygen atoms in total. The lowest BCUT2D eigenvalue weighted by Gasteiger charge is -2.15. The van der Waals surface area contributed by atoms with Crippen molar-refractivity contribution >= 4 is 0 Å². The first kappa shape index (κ1) is 18.9. The van der Waals surface area contributed by atoms with Crippen molar-refractivity contribution in [2.24, 2.45) is 0 Å². The van der Waals surface area contributed by atoms with Crippen molar-refractivity contribution in [3.8, 4) is 0 Å². The first-order valence-corrected chi connectivity index (χ1v) is 8.56. The molecule has 2 atom stereocenters. The van der Waals surface area contributed by atoms with Gasteiger partial charge in [-0.1, -0.05) is 78.1 Å². The Labute approximate surface area is 120 Å². The first-order chi connectivity index (χ1) is 9.20. The van der Waals surface area contributed by atoms with Gasteiger partial charge < -0.3 is 10.2 Å². The molecule has 0 aliphatic heterocycles. The highest BCUT2D eigenvalue weighted by Gasteiger charge is 2.11. The summed E-state index contributed by atoms with van der Waals surface area (Å²) in [6, 6.07) is 0. The fourth-order valence-electron chi connectivity index (χ4n) is 2.52. The van der Waals surface area contributed by atoms with Gasteiger partial charge in [-0.3, -0.25) is 0 Å². The molecule has 19 heavy (non-hydrogen) atoms. The summed E-state index contributed by atoms with van der Waals surface area (Å²) in [6.07, 6.45) is 14.1. The molecule has 0 saturated carbocycles. The fourth-order valence-corrected chi connectivity index (χ4v) is 2.52. The second-order valence-corrected chi connectivity index (χ2v) is 5.95. The molecule has 116 valence electrons. The van der Waals surface area contributed by atoms with E-state index in [2.05, 4.69) is 13.8 Å². The van der Waals surface area contributed by atoms with Crippen molar-refractivity contribution < 1.29 is 10.2 Å². The SMILES string of the molecule is CCCCCCCCCC(O)CC(O)CCCCC. The quantitative estimate of drug-likeness (QED) is 0.445. The van der Waals surface area contributed by atoms with Crippen molar-refractivity contribution in [3.63, 3.8) is 0 Å². The molecule has 0 saturated heterocycles. The van der Waals surface area contributed by atoms with Crippen LogP contribution in [0.15, 0.2) is 0 Å². The minimum Gasteiger partial charge on any atom is -0.393 e. The predicted octanol–water partition coefficient (Wildman–Crippen LogP) is 4.82. The Kier molecular flexibility index (Phi) is 14.3. The first-order valence-electron chi connectivity index (χ1n) is 8.56. The Morgan fingerprint density at radius 2 is 0.947 bits per heavy atom. The Bertz CT molecular complexity index is 171. The highest BCUT2D eigenvalue weighted by molar-refractivity contribution is 4.64. The molecule has 0 aliphatic rings. The second-order valence-electron chi connectivity index (χ2n) is 5.95. The van der Waals surface area contributed by atoms with Crippen LogP contribution < -0.4 is 0 Å². The molecule has 0 bridgehead atoms. The van der Waals surface area contributed by atoms with Crippen LogP contribution in [-0.4, -0.2) is 22.4 Å². The van der Waals surface area contributed by atoms with Gasteiger partial charge in [0.25, 0.3) is 0 Å². The molecule has 0 spiro atoms. The van der Waals surface area contributed by atoms with E-state index in [9.17, 15) is 10.2 Å². The van der Waals surface area contributed by atoms with Crippen molar-refractivity contribution in [2.45, 2.75) is 110 Å². The molecule has 2 unspecified atom stereocenters. The zero-order chi connectivity index (χ0) is 14.3. The van der Waals surface area contributed by atoms with Crippen molar-refractivity contribution in [1.82, 2.24) is 0 Å². The fraction of sp³-hybridized carbons (Fsp3) is 1.00. The molecule has 0 heterocycles. The lowest BCUT2D eigenvalue weighted by atomic mass is 10.0. The van der Waals surface area contributed by atoms with Gasteiger partial charge in [0.05, 0.1) is 12.2 Å². The van der Waals surface area contributed by atoms with Crippen molar-refractivity contribution in [1.29, 1.82) is 0 Å². The smallest absolute Gasteiger partial charge is 0.0564 e. The minimum atomic E-state index is -0.300. The van der Waals surface area contributed by atoms with E-state index >= 15 is 0 Å². The van der Waals surface area contributed by atoms with Crippen molar-refractivity contribution in [3.05, 3.63) is 0 Å². The summed E-state index contributed by atoms with van der Waals surface area (Å²) in [7, 11) is 0. The number of rotatable bonds is 14. The molecule has 2 heteroatoms. The normalized spacial score (nSPS) is 14.5. The Hall–Kier alpha value is -0.0800. The van der Waals surface area contributed by atoms with Crippen LogP contribution in [0.25, 0.3) is 0 Å². The molecule has 0 aromatic rings. The van der Waals surface area contributed by atoms with Crippen LogP contribution in [0.4, 0.5) is 0 Å². The number of hydrogen-bond acceptors (Lipinski definition) is 2. The summed E-state index contributed by atoms with van der Waals surface area (Å²) in [5, 5.41) is 19.6. The van der Waals surface area contributed by atoms with Gasteiger partial charge in [0.1, 0.15) is 0 Å². The Morgan fingerprint density at radius 3 is 1.47 bits per heavy atom. The molecule has 0 fully saturated rings. The van der Waals surface area contributed by atoms with E-state index in [-0.39, 0.29) is 12.2 Å². The lowest BCUT2D eigenvalue weighted by Crippen LogP contribution is -2.17. The van der Waals surface area contributed by atoms with E-state index in [4.69, 9.17) is 0 Å². The molecule has 0 aliphatic carbocycles. The van der Waals surface area contributed by atoms with Crippen LogP contribution in [0.5, 0.6) is 0 Å². The summed E-state index contributed by atoms with van der Waals surface area (Å²) in [5.41, 5.74) is 0. The van der Waals surface area contributed by atoms with Gasteiger partial charge in [-0.15, -0.1) is 0 Å². The summed E-state index contributed by atoms with van der Waals surface area (Å²) in [6.45, 7) is 4.41. The van der Waals surface area contributed by atoms with Crippen LogP contribution in [0.3, 0.4) is 0 Å². The zero-order valence-electron chi connectivity index (χ0n) is 13.2. The topological polar surface area (TPSA) is 40.5 Å². The van der Waals surface area contributed by atoms with E-state index in [1.807, 2.05) is 0 Å². The van der Waals surface area contributed by atoms with Crippen LogP contribution in [0, 0.1) is 0 Å². The Balaban J connectivity index is 3.30. The number of aliphatic hydroxyl groups is 2. The molecule has 2 N–H and O–H groups in total. The summed E-state index contributed by atoms with van der Waals surface area (Å²) < 4.78 is 0. The highest BCUT2D eigenvalue weighted by Crippen LogP contribution is 2.14. The third-order valence-electron chi connectivity index (χ3n) is 3.83. The second kappa shape index (κ2) is 14.3. The van der Waals surface area contributed by atoms with E-state index in [1.165, 1.54) is 51.4 Å². The minimum absolute atomic E-state index is 0.299. The lowest BCUT2D eigenvalue weighted by molar-refractivity contribution is 0.0681. The molecular formula is C17H36O2. The largest absolute Gasteiger partial charge is 0.393 e. The maximum absolute atomic E-state index is 9.86. The molecule has 0 radical (unpaired) electrons. The van der Waals surface area contributed by atoms with Gasteiger partial charge in [-0.2, -0.15) is 0 Å². The summed E-state index contributed by atoms with van der Waals surface area (Å²) >= 11 is 0. The zero-order valence-corrected chi connectivity index (χ0v) is 13.2. The monoisotopic (exact) mass is 272 g/mol. The molecule has 0 amide bonds. The third kappa shape index (κ3) is 14.1. The molecule has 0 rings (SSSR count). The number of hydrogen-bond donors (Lipinski definition) is 2. The average Bonchev–Trinajstić information content (AvgIpc) is 2.38. The molecule has 0 aromatic carbocycles. The van der Waals surface area contributed by atoms with Crippen LogP contribution in [0.2, 0.25) is 0 Å². The maximum atomic E-state index is 9.86. The van der Waals surface area contributed by atoms with E-state index in [0.717, 1.165) is 25.7 Å². The standard InChI is InChI=1S/C17H36O2/c1-3-5-7-8-9-10-12-14-17(19)15-16(18)13-11-6-4-2/h16-19H,3-15H2,1-2H3. The van der Waals surface area contributed by atoms with Crippen LogP contribution in [0.1, 0.15) is 97.3 Å². The molecule has 0 aromatic heterocycles. The van der Waals surface area contributed by atoms with Crippen LogP contribution >= 0.6 is 0 Å². The summed E-state index contributed by atoms with van der Waals surface area (Å²) in [5.74, 6) is 0. The van der Waals surface area contributed by atoms with E-state index in [0.29, 0.717) is 6.42 Å². The third-order valence-corrected chi connectivity index (χ3v) is 3.83. The van der Waals surface area contributed by atoms with Gasteiger partial charge in [-0.25, -0.2) is 0 Å². The van der Waals surface area contributed by atoms with Gasteiger partial charge in [-0.05, 0) is 19.3 Å². The number of unbranched alkanes of at least 4 members (excludes halogenated alkanes) is 8. The highest BCUT2D eigenvalue weighted by atomic mass is 16.3. The van der Waals surface area contributed by atoms with Crippen molar-refractivity contribution in [2.75, 3.05) is 0 Å². The van der Waals surface area contributed by atoms with Gasteiger partial charge >= 0.3 is 0 Å². The van der Waals surface area contributed by atoms with Gasteiger partial charge in [0.2, 0.25) is 0 Å². The Morgan fingerprint density at radius 1 is 0.579 bits per heavy atom. The van der Waals surface area contributed by atoms with Gasteiger partial charge in [0.15, 0.2) is 0 Å². The average molecular weight is 272 g/mol. The van der Waals surface area contributed by atoms with E-state index in [1.54, 1.807) is 0 Å².